The Morgan fingerprint density at radius 2 is 2.00 bits per heavy atom. The van der Waals surface area contributed by atoms with Crippen LogP contribution in [0.4, 0.5) is 0 Å². The lowest BCUT2D eigenvalue weighted by Crippen LogP contribution is -2.14. The summed E-state index contributed by atoms with van der Waals surface area (Å²) in [7, 11) is 0. The fraction of sp³-hybridized carbons (Fsp3) is 0.231. The minimum Gasteiger partial charge on any atom is -0.340 e. The van der Waals surface area contributed by atoms with Gasteiger partial charge in [0.25, 0.3) is 0 Å². The van der Waals surface area contributed by atoms with Gasteiger partial charge in [-0.25, -0.2) is 0 Å². The second-order valence-electron chi connectivity index (χ2n) is 4.32. The van der Waals surface area contributed by atoms with Crippen LogP contribution in [0.1, 0.15) is 17.4 Å². The summed E-state index contributed by atoms with van der Waals surface area (Å²) < 4.78 is 4.91. The molecule has 7 heteroatoms. The van der Waals surface area contributed by atoms with E-state index in [0.29, 0.717) is 24.8 Å². The van der Waals surface area contributed by atoms with Crippen molar-refractivity contribution >= 4 is 0 Å². The molecule has 0 bridgehead atoms. The summed E-state index contributed by atoms with van der Waals surface area (Å²) in [5, 5.41) is 18.1. The average molecular weight is 270 g/mol. The maximum Gasteiger partial charge on any atom is 0.223 e. The van der Waals surface area contributed by atoms with E-state index in [1.165, 1.54) is 0 Å². The van der Waals surface area contributed by atoms with Crippen LogP contribution in [0.3, 0.4) is 0 Å². The van der Waals surface area contributed by atoms with Gasteiger partial charge in [0.1, 0.15) is 11.4 Å². The number of aryl methyl sites for hydroxylation is 1. The second-order valence-corrected chi connectivity index (χ2v) is 4.32. The first kappa shape index (κ1) is 12.5. The van der Waals surface area contributed by atoms with Gasteiger partial charge >= 0.3 is 0 Å². The highest BCUT2D eigenvalue weighted by molar-refractivity contribution is 5.60. The largest absolute Gasteiger partial charge is 0.340 e. The zero-order valence-corrected chi connectivity index (χ0v) is 11.0. The molecule has 1 aromatic carbocycles. The number of aromatic nitrogens is 5. The first-order valence-corrected chi connectivity index (χ1v) is 6.28. The molecule has 0 saturated carbocycles. The molecule has 0 amide bonds. The van der Waals surface area contributed by atoms with Crippen LogP contribution < -0.4 is 5.32 Å². The highest BCUT2D eigenvalue weighted by atomic mass is 16.5. The minimum atomic E-state index is 0.526. The van der Waals surface area contributed by atoms with E-state index in [1.54, 1.807) is 6.92 Å². The number of benzene rings is 1. The van der Waals surface area contributed by atoms with Crippen molar-refractivity contribution in [3.05, 3.63) is 47.7 Å². The van der Waals surface area contributed by atoms with Crippen LogP contribution in [-0.4, -0.2) is 25.6 Å². The maximum atomic E-state index is 4.91. The van der Waals surface area contributed by atoms with Crippen LogP contribution in [0.25, 0.3) is 11.3 Å². The number of nitrogens with zero attached hydrogens (tertiary/aromatic N) is 4. The van der Waals surface area contributed by atoms with E-state index in [0.717, 1.165) is 17.0 Å². The summed E-state index contributed by atoms with van der Waals surface area (Å²) in [5.41, 5.74) is 2.74. The molecule has 102 valence electrons. The molecule has 0 saturated heterocycles. The number of rotatable bonds is 5. The summed E-state index contributed by atoms with van der Waals surface area (Å²) in [6.45, 7) is 2.87. The average Bonchev–Trinajstić information content (AvgIpc) is 3.09. The van der Waals surface area contributed by atoms with Crippen LogP contribution in [0.5, 0.6) is 0 Å². The van der Waals surface area contributed by atoms with Gasteiger partial charge in [-0.15, -0.1) is 0 Å². The van der Waals surface area contributed by atoms with Crippen molar-refractivity contribution in [1.82, 2.24) is 30.9 Å². The quantitative estimate of drug-likeness (QED) is 0.729. The third kappa shape index (κ3) is 2.72. The van der Waals surface area contributed by atoms with Crippen LogP contribution in [-0.2, 0) is 13.1 Å². The molecule has 2 N–H and O–H groups in total. The lowest BCUT2D eigenvalue weighted by Gasteiger charge is -2.01. The molecule has 0 atom stereocenters. The van der Waals surface area contributed by atoms with Gasteiger partial charge in [-0.3, -0.25) is 0 Å². The summed E-state index contributed by atoms with van der Waals surface area (Å²) in [6, 6.07) is 9.93. The van der Waals surface area contributed by atoms with Gasteiger partial charge in [-0.1, -0.05) is 35.5 Å². The standard InChI is InChI=1S/C13H14N6O/c1-9-15-12(18-20-9)8-14-7-11-13(17-19-16-11)10-5-3-2-4-6-10/h2-6,14H,7-8H2,1H3,(H,16,17,19). The van der Waals surface area contributed by atoms with E-state index in [9.17, 15) is 0 Å². The SMILES string of the molecule is Cc1nc(CNCc2n[nH]nc2-c2ccccc2)no1. The summed E-state index contributed by atoms with van der Waals surface area (Å²) in [4.78, 5) is 4.13. The van der Waals surface area contributed by atoms with Crippen molar-refractivity contribution in [2.45, 2.75) is 20.0 Å². The molecule has 2 aromatic heterocycles. The predicted molar refractivity (Wildman–Crippen MR) is 71.4 cm³/mol. The molecule has 0 spiro atoms. The number of hydrogen-bond donors (Lipinski definition) is 2. The van der Waals surface area contributed by atoms with E-state index >= 15 is 0 Å². The van der Waals surface area contributed by atoms with Gasteiger partial charge in [0.15, 0.2) is 5.82 Å². The molecule has 3 aromatic rings. The first-order chi connectivity index (χ1) is 9.83. The van der Waals surface area contributed by atoms with Gasteiger partial charge in [-0.05, 0) is 0 Å². The van der Waals surface area contributed by atoms with E-state index in [4.69, 9.17) is 4.52 Å². The molecule has 0 fully saturated rings. The van der Waals surface area contributed by atoms with Gasteiger partial charge < -0.3 is 9.84 Å². The van der Waals surface area contributed by atoms with E-state index in [-0.39, 0.29) is 0 Å². The van der Waals surface area contributed by atoms with E-state index in [2.05, 4.69) is 30.9 Å². The smallest absolute Gasteiger partial charge is 0.223 e. The maximum absolute atomic E-state index is 4.91. The Hall–Kier alpha value is -2.54. The Bertz CT molecular complexity index is 675. The third-order valence-electron chi connectivity index (χ3n) is 2.81. The van der Waals surface area contributed by atoms with Crippen molar-refractivity contribution < 1.29 is 4.52 Å². The molecule has 0 radical (unpaired) electrons. The van der Waals surface area contributed by atoms with Gasteiger partial charge in [0.05, 0.1) is 6.54 Å². The zero-order chi connectivity index (χ0) is 13.8. The zero-order valence-electron chi connectivity index (χ0n) is 11.0. The lowest BCUT2D eigenvalue weighted by molar-refractivity contribution is 0.385. The number of hydrogen-bond acceptors (Lipinski definition) is 6. The normalized spacial score (nSPS) is 10.8. The number of H-pyrrole nitrogens is 1. The molecule has 7 nitrogen and oxygen atoms in total. The first-order valence-electron chi connectivity index (χ1n) is 6.28. The van der Waals surface area contributed by atoms with Crippen LogP contribution in [0.2, 0.25) is 0 Å². The van der Waals surface area contributed by atoms with E-state index in [1.807, 2.05) is 30.3 Å². The molecule has 0 aliphatic carbocycles. The fourth-order valence-electron chi connectivity index (χ4n) is 1.91. The lowest BCUT2D eigenvalue weighted by atomic mass is 10.1. The van der Waals surface area contributed by atoms with Crippen molar-refractivity contribution in [2.24, 2.45) is 0 Å². The van der Waals surface area contributed by atoms with Crippen molar-refractivity contribution in [2.75, 3.05) is 0 Å². The van der Waals surface area contributed by atoms with Crippen LogP contribution >= 0.6 is 0 Å². The summed E-state index contributed by atoms with van der Waals surface area (Å²) in [5.74, 6) is 1.19. The van der Waals surface area contributed by atoms with Gasteiger partial charge in [-0.2, -0.15) is 20.4 Å². The second kappa shape index (κ2) is 5.62. The minimum absolute atomic E-state index is 0.526. The Balaban J connectivity index is 1.65. The highest BCUT2D eigenvalue weighted by Gasteiger charge is 2.10. The van der Waals surface area contributed by atoms with Gasteiger partial charge in [0.2, 0.25) is 5.89 Å². The topological polar surface area (TPSA) is 92.5 Å². The van der Waals surface area contributed by atoms with E-state index < -0.39 is 0 Å². The van der Waals surface area contributed by atoms with Crippen molar-refractivity contribution in [3.63, 3.8) is 0 Å². The molecule has 2 heterocycles. The molecule has 0 unspecified atom stereocenters. The molecule has 0 aliphatic rings. The van der Waals surface area contributed by atoms with Crippen molar-refractivity contribution in [1.29, 1.82) is 0 Å². The molecule has 0 aliphatic heterocycles. The number of aromatic amines is 1. The molecule has 3 rings (SSSR count). The Morgan fingerprint density at radius 3 is 2.75 bits per heavy atom. The molecular weight excluding hydrogens is 256 g/mol. The Morgan fingerprint density at radius 1 is 1.15 bits per heavy atom. The molecular formula is C13H14N6O. The predicted octanol–water partition coefficient (Wildman–Crippen LogP) is 1.45. The Kier molecular flexibility index (Phi) is 3.51. The van der Waals surface area contributed by atoms with Crippen LogP contribution in [0.15, 0.2) is 34.9 Å². The van der Waals surface area contributed by atoms with Crippen molar-refractivity contribution in [3.8, 4) is 11.3 Å². The fourth-order valence-corrected chi connectivity index (χ4v) is 1.91. The number of nitrogens with one attached hydrogen (secondary N) is 2. The Labute approximate surface area is 115 Å². The highest BCUT2D eigenvalue weighted by Crippen LogP contribution is 2.18. The third-order valence-corrected chi connectivity index (χ3v) is 2.81. The van der Waals surface area contributed by atoms with Crippen LogP contribution in [0, 0.1) is 6.92 Å². The van der Waals surface area contributed by atoms with Gasteiger partial charge in [0, 0.05) is 19.0 Å². The summed E-state index contributed by atoms with van der Waals surface area (Å²) >= 11 is 0. The molecule has 20 heavy (non-hydrogen) atoms. The summed E-state index contributed by atoms with van der Waals surface area (Å²) in [6.07, 6.45) is 0. The monoisotopic (exact) mass is 270 g/mol.